The second kappa shape index (κ2) is 7.46. The van der Waals surface area contributed by atoms with Crippen LogP contribution in [0.2, 0.25) is 0 Å². The molecular formula is C20H20FN3O3. The van der Waals surface area contributed by atoms with E-state index in [1.54, 1.807) is 4.68 Å². The SMILES string of the molecule is CCC(O)c1ncn(Cc2cc(F)cc3c2OC(c2ccccc2)OC3)n1. The van der Waals surface area contributed by atoms with Gasteiger partial charge in [-0.2, -0.15) is 5.10 Å². The van der Waals surface area contributed by atoms with Crippen molar-refractivity contribution in [2.75, 3.05) is 0 Å². The molecule has 0 bridgehead atoms. The normalized spacial score (nSPS) is 17.2. The molecule has 7 heteroatoms. The van der Waals surface area contributed by atoms with E-state index >= 15 is 0 Å². The quantitative estimate of drug-likeness (QED) is 0.745. The van der Waals surface area contributed by atoms with Gasteiger partial charge in [-0.15, -0.1) is 0 Å². The highest BCUT2D eigenvalue weighted by molar-refractivity contribution is 5.43. The maximum Gasteiger partial charge on any atom is 0.227 e. The molecule has 2 unspecified atom stereocenters. The number of hydrogen-bond acceptors (Lipinski definition) is 5. The summed E-state index contributed by atoms with van der Waals surface area (Å²) < 4.78 is 27.4. The average molecular weight is 369 g/mol. The minimum absolute atomic E-state index is 0.261. The van der Waals surface area contributed by atoms with Gasteiger partial charge in [0.25, 0.3) is 0 Å². The zero-order valence-corrected chi connectivity index (χ0v) is 14.9. The molecule has 3 aromatic rings. The number of benzene rings is 2. The molecule has 2 heterocycles. The Morgan fingerprint density at radius 1 is 1.30 bits per heavy atom. The molecule has 1 aliphatic rings. The molecular weight excluding hydrogens is 349 g/mol. The van der Waals surface area contributed by atoms with Gasteiger partial charge in [-0.05, 0) is 18.6 Å². The van der Waals surface area contributed by atoms with E-state index in [1.807, 2.05) is 37.3 Å². The molecule has 1 aliphatic heterocycles. The molecule has 2 aromatic carbocycles. The van der Waals surface area contributed by atoms with Crippen LogP contribution < -0.4 is 4.74 Å². The minimum atomic E-state index is -0.709. The van der Waals surface area contributed by atoms with Crippen molar-refractivity contribution in [1.82, 2.24) is 14.8 Å². The Labute approximate surface area is 156 Å². The standard InChI is InChI=1S/C20H20FN3O3/c1-2-17(25)19-22-12-24(23-19)10-14-8-16(21)9-15-11-26-20(27-18(14)15)13-6-4-3-5-7-13/h3-9,12,17,20,25H,2,10-11H2,1H3. The number of ether oxygens (including phenoxy) is 2. The van der Waals surface area contributed by atoms with Crippen molar-refractivity contribution in [3.8, 4) is 5.75 Å². The van der Waals surface area contributed by atoms with Crippen LogP contribution in [-0.2, 0) is 17.9 Å². The van der Waals surface area contributed by atoms with E-state index in [0.29, 0.717) is 29.1 Å². The van der Waals surface area contributed by atoms with Gasteiger partial charge < -0.3 is 14.6 Å². The van der Waals surface area contributed by atoms with Gasteiger partial charge >= 0.3 is 0 Å². The molecule has 140 valence electrons. The van der Waals surface area contributed by atoms with Crippen molar-refractivity contribution in [1.29, 1.82) is 0 Å². The molecule has 1 N–H and O–H groups in total. The van der Waals surface area contributed by atoms with Gasteiger partial charge in [-0.25, -0.2) is 14.1 Å². The highest BCUT2D eigenvalue weighted by atomic mass is 19.1. The Bertz CT molecular complexity index is 929. The smallest absolute Gasteiger partial charge is 0.227 e. The van der Waals surface area contributed by atoms with E-state index in [9.17, 15) is 9.50 Å². The molecule has 2 atom stereocenters. The highest BCUT2D eigenvalue weighted by Gasteiger charge is 2.25. The Morgan fingerprint density at radius 3 is 2.89 bits per heavy atom. The molecule has 27 heavy (non-hydrogen) atoms. The minimum Gasteiger partial charge on any atom is -0.460 e. The average Bonchev–Trinajstić information content (AvgIpc) is 3.16. The maximum absolute atomic E-state index is 14.1. The van der Waals surface area contributed by atoms with Crippen LogP contribution in [0, 0.1) is 5.82 Å². The van der Waals surface area contributed by atoms with Crippen LogP contribution in [0.3, 0.4) is 0 Å². The summed E-state index contributed by atoms with van der Waals surface area (Å²) in [4.78, 5) is 4.12. The summed E-state index contributed by atoms with van der Waals surface area (Å²) in [5.41, 5.74) is 2.20. The first-order valence-corrected chi connectivity index (χ1v) is 8.86. The van der Waals surface area contributed by atoms with E-state index in [-0.39, 0.29) is 19.0 Å². The summed E-state index contributed by atoms with van der Waals surface area (Å²) in [6.45, 7) is 2.40. The molecule has 0 saturated heterocycles. The van der Waals surface area contributed by atoms with Gasteiger partial charge in [0.05, 0.1) is 13.2 Å². The lowest BCUT2D eigenvalue weighted by Crippen LogP contribution is -2.20. The second-order valence-electron chi connectivity index (χ2n) is 6.45. The molecule has 0 aliphatic carbocycles. The monoisotopic (exact) mass is 369 g/mol. The molecule has 6 nitrogen and oxygen atoms in total. The summed E-state index contributed by atoms with van der Waals surface area (Å²) in [6, 6.07) is 12.5. The maximum atomic E-state index is 14.1. The van der Waals surface area contributed by atoms with Gasteiger partial charge in [-0.3, -0.25) is 0 Å². The summed E-state index contributed by atoms with van der Waals surface area (Å²) in [5.74, 6) is 0.599. The first-order chi connectivity index (χ1) is 13.1. The summed E-state index contributed by atoms with van der Waals surface area (Å²) in [6.07, 6.45) is 0.800. The number of halogens is 1. The van der Waals surface area contributed by atoms with Crippen LogP contribution in [0.15, 0.2) is 48.8 Å². The van der Waals surface area contributed by atoms with Crippen molar-refractivity contribution >= 4 is 0 Å². The Kier molecular flexibility index (Phi) is 4.87. The predicted octanol–water partition coefficient (Wildman–Crippen LogP) is 3.52. The number of nitrogens with zero attached hydrogens (tertiary/aromatic N) is 3. The third-order valence-corrected chi connectivity index (χ3v) is 4.47. The molecule has 0 radical (unpaired) electrons. The largest absolute Gasteiger partial charge is 0.460 e. The number of aliphatic hydroxyl groups is 1. The molecule has 0 saturated carbocycles. The zero-order chi connectivity index (χ0) is 18.8. The van der Waals surface area contributed by atoms with Crippen molar-refractivity contribution in [3.05, 3.63) is 77.1 Å². The Hall–Kier alpha value is -2.77. The fourth-order valence-electron chi connectivity index (χ4n) is 3.06. The van der Waals surface area contributed by atoms with Crippen LogP contribution in [0.5, 0.6) is 5.75 Å². The summed E-state index contributed by atoms with van der Waals surface area (Å²) in [5, 5.41) is 14.1. The number of hydrogen-bond donors (Lipinski definition) is 1. The van der Waals surface area contributed by atoms with E-state index in [0.717, 1.165) is 5.56 Å². The lowest BCUT2D eigenvalue weighted by molar-refractivity contribution is -0.112. The third kappa shape index (κ3) is 3.70. The zero-order valence-electron chi connectivity index (χ0n) is 14.9. The van der Waals surface area contributed by atoms with Gasteiger partial charge in [0.1, 0.15) is 24.0 Å². The van der Waals surface area contributed by atoms with Crippen molar-refractivity contribution in [2.24, 2.45) is 0 Å². The fourth-order valence-corrected chi connectivity index (χ4v) is 3.06. The lowest BCUT2D eigenvalue weighted by atomic mass is 10.1. The molecule has 1 aromatic heterocycles. The van der Waals surface area contributed by atoms with E-state index in [1.165, 1.54) is 18.5 Å². The van der Waals surface area contributed by atoms with Gasteiger partial charge in [0, 0.05) is 16.7 Å². The number of aliphatic hydroxyl groups excluding tert-OH is 1. The summed E-state index contributed by atoms with van der Waals surface area (Å²) in [7, 11) is 0. The van der Waals surface area contributed by atoms with Crippen LogP contribution in [0.4, 0.5) is 4.39 Å². The van der Waals surface area contributed by atoms with Gasteiger partial charge in [0.15, 0.2) is 5.82 Å². The third-order valence-electron chi connectivity index (χ3n) is 4.47. The second-order valence-corrected chi connectivity index (χ2v) is 6.45. The first-order valence-electron chi connectivity index (χ1n) is 8.86. The molecule has 0 fully saturated rings. The number of fused-ring (bicyclic) bond motifs is 1. The molecule has 4 rings (SSSR count). The highest BCUT2D eigenvalue weighted by Crippen LogP contribution is 2.36. The van der Waals surface area contributed by atoms with E-state index < -0.39 is 12.4 Å². The Morgan fingerprint density at radius 2 is 2.11 bits per heavy atom. The van der Waals surface area contributed by atoms with Crippen LogP contribution in [-0.4, -0.2) is 19.9 Å². The number of rotatable bonds is 5. The van der Waals surface area contributed by atoms with Crippen LogP contribution in [0.1, 0.15) is 48.3 Å². The van der Waals surface area contributed by atoms with Crippen molar-refractivity contribution in [3.63, 3.8) is 0 Å². The first kappa shape index (κ1) is 17.6. The lowest BCUT2D eigenvalue weighted by Gasteiger charge is -2.28. The Balaban J connectivity index is 1.62. The van der Waals surface area contributed by atoms with Gasteiger partial charge in [0.2, 0.25) is 6.29 Å². The number of aromatic nitrogens is 3. The fraction of sp³-hybridized carbons (Fsp3) is 0.300. The van der Waals surface area contributed by atoms with Crippen LogP contribution in [0.25, 0.3) is 0 Å². The summed E-state index contributed by atoms with van der Waals surface area (Å²) >= 11 is 0. The molecule has 0 amide bonds. The van der Waals surface area contributed by atoms with E-state index in [4.69, 9.17) is 9.47 Å². The predicted molar refractivity (Wildman–Crippen MR) is 95.4 cm³/mol. The molecule has 0 spiro atoms. The van der Waals surface area contributed by atoms with E-state index in [2.05, 4.69) is 10.1 Å². The van der Waals surface area contributed by atoms with Crippen molar-refractivity contribution in [2.45, 2.75) is 38.9 Å². The topological polar surface area (TPSA) is 69.4 Å². The van der Waals surface area contributed by atoms with Crippen LogP contribution >= 0.6 is 0 Å². The van der Waals surface area contributed by atoms with Crippen molar-refractivity contribution < 1.29 is 19.0 Å². The van der Waals surface area contributed by atoms with Gasteiger partial charge in [-0.1, -0.05) is 37.3 Å².